The van der Waals surface area contributed by atoms with E-state index < -0.39 is 0 Å². The molecule has 1 aromatic carbocycles. The lowest BCUT2D eigenvalue weighted by Gasteiger charge is -2.37. The Kier molecular flexibility index (Phi) is 4.01. The van der Waals surface area contributed by atoms with Crippen LogP contribution in [0.25, 0.3) is 0 Å². The topological polar surface area (TPSA) is 42.0 Å². The molecule has 0 N–H and O–H groups in total. The van der Waals surface area contributed by atoms with Gasteiger partial charge in [0.05, 0.1) is 5.56 Å². The average molecular weight is 290 g/mol. The van der Waals surface area contributed by atoms with Crippen LogP contribution < -0.4 is 9.47 Å². The SMILES string of the molecule is CN(C)C[C@H]1CCCCN1C(=O)c1cccc2c1OCO2. The molecule has 0 aromatic heterocycles. The molecule has 3 rings (SSSR count). The van der Waals surface area contributed by atoms with Crippen molar-refractivity contribution in [2.45, 2.75) is 25.3 Å². The maximum Gasteiger partial charge on any atom is 0.258 e. The van der Waals surface area contributed by atoms with Gasteiger partial charge in [0.2, 0.25) is 6.79 Å². The lowest BCUT2D eigenvalue weighted by Crippen LogP contribution is -2.48. The van der Waals surface area contributed by atoms with Crippen molar-refractivity contribution in [1.82, 2.24) is 9.80 Å². The highest BCUT2D eigenvalue weighted by molar-refractivity contribution is 5.98. The molecule has 0 bridgehead atoms. The summed E-state index contributed by atoms with van der Waals surface area (Å²) in [5.74, 6) is 1.32. The predicted octanol–water partition coefficient (Wildman–Crippen LogP) is 1.97. The molecule has 2 heterocycles. The van der Waals surface area contributed by atoms with Gasteiger partial charge < -0.3 is 19.3 Å². The third kappa shape index (κ3) is 2.83. The summed E-state index contributed by atoms with van der Waals surface area (Å²) in [7, 11) is 4.10. The van der Waals surface area contributed by atoms with E-state index in [2.05, 4.69) is 19.0 Å². The summed E-state index contributed by atoms with van der Waals surface area (Å²) in [5.41, 5.74) is 0.621. The fourth-order valence-corrected chi connectivity index (χ4v) is 3.13. The molecule has 1 atom stereocenters. The first-order valence-electron chi connectivity index (χ1n) is 7.51. The van der Waals surface area contributed by atoms with Crippen LogP contribution in [0.2, 0.25) is 0 Å². The number of rotatable bonds is 3. The van der Waals surface area contributed by atoms with Crippen molar-refractivity contribution in [3.8, 4) is 11.5 Å². The smallest absolute Gasteiger partial charge is 0.258 e. The molecule has 0 unspecified atom stereocenters. The zero-order valence-electron chi connectivity index (χ0n) is 12.7. The Labute approximate surface area is 125 Å². The molecule has 21 heavy (non-hydrogen) atoms. The van der Waals surface area contributed by atoms with Crippen LogP contribution in [0.4, 0.5) is 0 Å². The number of carbonyl (C=O) groups excluding carboxylic acids is 1. The molecule has 0 spiro atoms. The maximum atomic E-state index is 12.9. The van der Waals surface area contributed by atoms with Gasteiger partial charge in [-0.15, -0.1) is 0 Å². The number of fused-ring (bicyclic) bond motifs is 1. The van der Waals surface area contributed by atoms with Crippen LogP contribution in [0.1, 0.15) is 29.6 Å². The van der Waals surface area contributed by atoms with E-state index >= 15 is 0 Å². The van der Waals surface area contributed by atoms with Gasteiger partial charge in [-0.05, 0) is 45.5 Å². The number of amides is 1. The van der Waals surface area contributed by atoms with Crippen molar-refractivity contribution >= 4 is 5.91 Å². The molecular weight excluding hydrogens is 268 g/mol. The Morgan fingerprint density at radius 1 is 1.33 bits per heavy atom. The third-order valence-electron chi connectivity index (χ3n) is 4.09. The van der Waals surface area contributed by atoms with E-state index in [1.54, 1.807) is 0 Å². The first kappa shape index (κ1) is 14.2. The van der Waals surface area contributed by atoms with Gasteiger partial charge in [-0.2, -0.15) is 0 Å². The molecule has 2 aliphatic rings. The summed E-state index contributed by atoms with van der Waals surface area (Å²) in [6.45, 7) is 1.92. The first-order valence-corrected chi connectivity index (χ1v) is 7.51. The predicted molar refractivity (Wildman–Crippen MR) is 79.8 cm³/mol. The fraction of sp³-hybridized carbons (Fsp3) is 0.562. The normalized spacial score (nSPS) is 20.9. The zero-order valence-corrected chi connectivity index (χ0v) is 12.7. The number of para-hydroxylation sites is 1. The van der Waals surface area contributed by atoms with Gasteiger partial charge in [0, 0.05) is 19.1 Å². The van der Waals surface area contributed by atoms with Crippen molar-refractivity contribution < 1.29 is 14.3 Å². The fourth-order valence-electron chi connectivity index (χ4n) is 3.13. The van der Waals surface area contributed by atoms with Gasteiger partial charge in [0.15, 0.2) is 11.5 Å². The highest BCUT2D eigenvalue weighted by atomic mass is 16.7. The van der Waals surface area contributed by atoms with E-state index in [0.717, 1.165) is 25.9 Å². The Morgan fingerprint density at radius 3 is 3.00 bits per heavy atom. The second-order valence-corrected chi connectivity index (χ2v) is 5.95. The quantitative estimate of drug-likeness (QED) is 0.853. The van der Waals surface area contributed by atoms with Crippen molar-refractivity contribution in [3.05, 3.63) is 23.8 Å². The molecule has 1 amide bonds. The molecule has 1 saturated heterocycles. The number of likely N-dealkylation sites (N-methyl/N-ethyl adjacent to an activating group) is 1. The molecule has 0 aliphatic carbocycles. The minimum atomic E-state index is 0.0592. The monoisotopic (exact) mass is 290 g/mol. The van der Waals surface area contributed by atoms with Gasteiger partial charge in [0.1, 0.15) is 0 Å². The summed E-state index contributed by atoms with van der Waals surface area (Å²) in [4.78, 5) is 17.1. The number of hydrogen-bond acceptors (Lipinski definition) is 4. The Morgan fingerprint density at radius 2 is 2.19 bits per heavy atom. The number of hydrogen-bond donors (Lipinski definition) is 0. The van der Waals surface area contributed by atoms with Gasteiger partial charge in [0.25, 0.3) is 5.91 Å². The minimum Gasteiger partial charge on any atom is -0.454 e. The lowest BCUT2D eigenvalue weighted by molar-refractivity contribution is 0.0570. The summed E-state index contributed by atoms with van der Waals surface area (Å²) in [6.07, 6.45) is 3.33. The van der Waals surface area contributed by atoms with Gasteiger partial charge in [-0.1, -0.05) is 6.07 Å². The summed E-state index contributed by atoms with van der Waals surface area (Å²) in [5, 5.41) is 0. The molecule has 114 valence electrons. The molecular formula is C16H22N2O3. The summed E-state index contributed by atoms with van der Waals surface area (Å²) < 4.78 is 10.8. The molecule has 5 nitrogen and oxygen atoms in total. The number of likely N-dealkylation sites (tertiary alicyclic amines) is 1. The third-order valence-corrected chi connectivity index (χ3v) is 4.09. The van der Waals surface area contributed by atoms with Crippen LogP contribution in [-0.4, -0.2) is 55.7 Å². The highest BCUT2D eigenvalue weighted by Crippen LogP contribution is 2.36. The van der Waals surface area contributed by atoms with E-state index in [0.29, 0.717) is 17.1 Å². The average Bonchev–Trinajstić information content (AvgIpc) is 2.95. The largest absolute Gasteiger partial charge is 0.454 e. The molecule has 0 radical (unpaired) electrons. The molecule has 1 fully saturated rings. The van der Waals surface area contributed by atoms with E-state index in [4.69, 9.17) is 9.47 Å². The van der Waals surface area contributed by atoms with Crippen molar-refractivity contribution in [3.63, 3.8) is 0 Å². The molecule has 0 saturated carbocycles. The molecule has 5 heteroatoms. The van der Waals surface area contributed by atoms with E-state index in [9.17, 15) is 4.79 Å². The highest BCUT2D eigenvalue weighted by Gasteiger charge is 2.31. The first-order chi connectivity index (χ1) is 10.2. The van der Waals surface area contributed by atoms with Crippen LogP contribution in [0, 0.1) is 0 Å². The Bertz CT molecular complexity index is 530. The van der Waals surface area contributed by atoms with Crippen LogP contribution in [0.5, 0.6) is 11.5 Å². The Hall–Kier alpha value is -1.75. The number of ether oxygens (including phenoxy) is 2. The van der Waals surface area contributed by atoms with E-state index in [1.807, 2.05) is 23.1 Å². The van der Waals surface area contributed by atoms with Gasteiger partial charge >= 0.3 is 0 Å². The van der Waals surface area contributed by atoms with Crippen molar-refractivity contribution in [2.75, 3.05) is 34.0 Å². The van der Waals surface area contributed by atoms with Crippen LogP contribution in [0.3, 0.4) is 0 Å². The summed E-state index contributed by atoms with van der Waals surface area (Å²) in [6, 6.07) is 5.80. The van der Waals surface area contributed by atoms with Crippen molar-refractivity contribution in [2.24, 2.45) is 0 Å². The maximum absolute atomic E-state index is 12.9. The van der Waals surface area contributed by atoms with Crippen LogP contribution in [0.15, 0.2) is 18.2 Å². The number of nitrogens with zero attached hydrogens (tertiary/aromatic N) is 2. The van der Waals surface area contributed by atoms with Gasteiger partial charge in [-0.25, -0.2) is 0 Å². The Balaban J connectivity index is 1.85. The second-order valence-electron chi connectivity index (χ2n) is 5.95. The lowest BCUT2D eigenvalue weighted by atomic mass is 10.00. The zero-order chi connectivity index (χ0) is 14.8. The molecule has 2 aliphatic heterocycles. The van der Waals surface area contributed by atoms with Gasteiger partial charge in [-0.3, -0.25) is 4.79 Å². The molecule has 1 aromatic rings. The standard InChI is InChI=1S/C16H22N2O3/c1-17(2)10-12-6-3-4-9-18(12)16(19)13-7-5-8-14-15(13)21-11-20-14/h5,7-8,12H,3-4,6,9-11H2,1-2H3/t12-/m1/s1. The number of carbonyl (C=O) groups is 1. The van der Waals surface area contributed by atoms with Crippen LogP contribution >= 0.6 is 0 Å². The second kappa shape index (κ2) is 5.93. The minimum absolute atomic E-state index is 0.0592. The van der Waals surface area contributed by atoms with E-state index in [-0.39, 0.29) is 18.7 Å². The van der Waals surface area contributed by atoms with Crippen LogP contribution in [-0.2, 0) is 0 Å². The summed E-state index contributed by atoms with van der Waals surface area (Å²) >= 11 is 0. The number of piperidine rings is 1. The number of benzene rings is 1. The van der Waals surface area contributed by atoms with E-state index in [1.165, 1.54) is 6.42 Å². The van der Waals surface area contributed by atoms with Crippen molar-refractivity contribution in [1.29, 1.82) is 0 Å².